The molecule has 0 spiro atoms. The quantitative estimate of drug-likeness (QED) is 0.662. The van der Waals surface area contributed by atoms with Crippen LogP contribution in [0.1, 0.15) is 40.0 Å². The van der Waals surface area contributed by atoms with E-state index in [9.17, 15) is 9.59 Å². The highest BCUT2D eigenvalue weighted by atomic mass is 79.9. The van der Waals surface area contributed by atoms with Gasteiger partial charge in [0, 0.05) is 27.8 Å². The van der Waals surface area contributed by atoms with Crippen LogP contribution in [-0.4, -0.2) is 10.5 Å². The van der Waals surface area contributed by atoms with Gasteiger partial charge in [-0.2, -0.15) is 0 Å². The van der Waals surface area contributed by atoms with E-state index in [1.54, 1.807) is 6.20 Å². The second kappa shape index (κ2) is 6.09. The van der Waals surface area contributed by atoms with Crippen LogP contribution in [0.2, 0.25) is 0 Å². The number of nitrogens with one attached hydrogen (secondary N) is 1. The van der Waals surface area contributed by atoms with Gasteiger partial charge in [-0.3, -0.25) is 9.59 Å². The average Bonchev–Trinajstić information content (AvgIpc) is 2.89. The van der Waals surface area contributed by atoms with E-state index < -0.39 is 0 Å². The number of aryl methyl sites for hydroxylation is 2. The van der Waals surface area contributed by atoms with Gasteiger partial charge in [0.05, 0.1) is 5.52 Å². The summed E-state index contributed by atoms with van der Waals surface area (Å²) in [5.74, 6) is -0.366. The molecule has 132 valence electrons. The lowest BCUT2D eigenvalue weighted by atomic mass is 10.1. The number of rotatable bonds is 2. The van der Waals surface area contributed by atoms with Gasteiger partial charge in [-0.05, 0) is 62.1 Å². The molecule has 0 saturated carbocycles. The number of aromatic nitrogens is 1. The van der Waals surface area contributed by atoms with Crippen LogP contribution >= 0.6 is 15.9 Å². The van der Waals surface area contributed by atoms with Gasteiger partial charge in [0.25, 0.3) is 5.91 Å². The molecule has 2 heterocycles. The summed E-state index contributed by atoms with van der Waals surface area (Å²) < 4.78 is 2.92. The highest BCUT2D eigenvalue weighted by Crippen LogP contribution is 2.33. The molecule has 1 amide bonds. The second-order valence-electron chi connectivity index (χ2n) is 7.07. The second-order valence-corrected chi connectivity index (χ2v) is 7.98. The normalized spacial score (nSPS) is 15.5. The Kier molecular flexibility index (Phi) is 3.99. The summed E-state index contributed by atoms with van der Waals surface area (Å²) in [5, 5.41) is 3.50. The lowest BCUT2D eigenvalue weighted by Gasteiger charge is -2.14. The number of carbonyl (C=O) groups excluding carboxylic acids is 1. The number of anilines is 1. The van der Waals surface area contributed by atoms with Crippen LogP contribution in [0, 0.1) is 13.8 Å². The summed E-state index contributed by atoms with van der Waals surface area (Å²) >= 11 is 3.49. The predicted molar refractivity (Wildman–Crippen MR) is 108 cm³/mol. The van der Waals surface area contributed by atoms with Crippen molar-refractivity contribution in [1.29, 1.82) is 0 Å². The molecule has 0 saturated heterocycles. The first-order chi connectivity index (χ1) is 12.3. The van der Waals surface area contributed by atoms with Crippen LogP contribution in [0.4, 0.5) is 5.69 Å². The zero-order chi connectivity index (χ0) is 18.6. The summed E-state index contributed by atoms with van der Waals surface area (Å²) in [5.41, 5.74) is 4.79. The van der Waals surface area contributed by atoms with Crippen LogP contribution in [0.3, 0.4) is 0 Å². The summed E-state index contributed by atoms with van der Waals surface area (Å²) in [7, 11) is 0. The minimum absolute atomic E-state index is 0.177. The summed E-state index contributed by atoms with van der Waals surface area (Å²) in [4.78, 5) is 25.9. The van der Waals surface area contributed by atoms with Gasteiger partial charge >= 0.3 is 0 Å². The van der Waals surface area contributed by atoms with Crippen molar-refractivity contribution < 1.29 is 4.79 Å². The highest BCUT2D eigenvalue weighted by Gasteiger charge is 2.25. The molecule has 4 rings (SSSR count). The molecule has 2 aromatic carbocycles. The van der Waals surface area contributed by atoms with Crippen molar-refractivity contribution in [2.24, 2.45) is 0 Å². The van der Waals surface area contributed by atoms with E-state index in [1.165, 1.54) is 0 Å². The molecule has 0 bridgehead atoms. The van der Waals surface area contributed by atoms with E-state index in [-0.39, 0.29) is 22.9 Å². The Morgan fingerprint density at radius 1 is 1.23 bits per heavy atom. The maximum atomic E-state index is 13.0. The maximum absolute atomic E-state index is 13.0. The van der Waals surface area contributed by atoms with Gasteiger partial charge in [-0.15, -0.1) is 0 Å². The van der Waals surface area contributed by atoms with Gasteiger partial charge in [-0.1, -0.05) is 28.1 Å². The van der Waals surface area contributed by atoms with E-state index in [0.717, 1.165) is 38.8 Å². The minimum atomic E-state index is -0.366. The molecule has 1 aliphatic heterocycles. The Hall–Kier alpha value is -2.40. The minimum Gasteiger partial charge on any atom is -0.343 e. The van der Waals surface area contributed by atoms with Gasteiger partial charge in [0.15, 0.2) is 0 Å². The van der Waals surface area contributed by atoms with E-state index in [2.05, 4.69) is 38.8 Å². The van der Waals surface area contributed by atoms with Crippen LogP contribution in [0.5, 0.6) is 0 Å². The van der Waals surface area contributed by atoms with Gasteiger partial charge in [-0.25, -0.2) is 0 Å². The number of halogens is 1. The zero-order valence-corrected chi connectivity index (χ0v) is 16.5. The summed E-state index contributed by atoms with van der Waals surface area (Å²) in [6.45, 7) is 6.01. The number of nitrogens with zero attached hydrogens (tertiary/aromatic N) is 1. The fraction of sp³-hybridized carbons (Fsp3) is 0.238. The first kappa shape index (κ1) is 17.0. The molecule has 1 aliphatic rings. The van der Waals surface area contributed by atoms with Crippen LogP contribution in [0.25, 0.3) is 10.9 Å². The molecule has 26 heavy (non-hydrogen) atoms. The molecule has 1 N–H and O–H groups in total. The Bertz CT molecular complexity index is 1130. The first-order valence-corrected chi connectivity index (χ1v) is 9.40. The number of hydrogen-bond donors (Lipinski definition) is 1. The van der Waals surface area contributed by atoms with Gasteiger partial charge < -0.3 is 9.88 Å². The molecule has 0 radical (unpaired) electrons. The molecule has 5 heteroatoms. The largest absolute Gasteiger partial charge is 0.343 e. The molecule has 1 aromatic heterocycles. The molecular formula is C21H19BrN2O2. The van der Waals surface area contributed by atoms with Crippen LogP contribution in [0.15, 0.2) is 45.8 Å². The molecule has 0 aliphatic carbocycles. The Morgan fingerprint density at radius 2 is 2.00 bits per heavy atom. The molecule has 3 aromatic rings. The lowest BCUT2D eigenvalue weighted by molar-refractivity contribution is 0.102. The smallest absolute Gasteiger partial charge is 0.261 e. The number of amides is 1. The monoisotopic (exact) mass is 410 g/mol. The van der Waals surface area contributed by atoms with Crippen molar-refractivity contribution in [3.63, 3.8) is 0 Å². The van der Waals surface area contributed by atoms with E-state index in [0.29, 0.717) is 5.39 Å². The van der Waals surface area contributed by atoms with Crippen LogP contribution < -0.4 is 10.7 Å². The van der Waals surface area contributed by atoms with Crippen molar-refractivity contribution in [3.8, 4) is 0 Å². The van der Waals surface area contributed by atoms with Crippen molar-refractivity contribution in [2.75, 3.05) is 5.32 Å². The number of pyridine rings is 1. The van der Waals surface area contributed by atoms with E-state index in [4.69, 9.17) is 0 Å². The van der Waals surface area contributed by atoms with Crippen molar-refractivity contribution >= 4 is 38.4 Å². The number of benzene rings is 2. The fourth-order valence-corrected chi connectivity index (χ4v) is 4.19. The lowest BCUT2D eigenvalue weighted by Crippen LogP contribution is -2.24. The van der Waals surface area contributed by atoms with Gasteiger partial charge in [0.1, 0.15) is 5.56 Å². The molecule has 1 unspecified atom stereocenters. The molecule has 0 fully saturated rings. The Morgan fingerprint density at radius 3 is 2.77 bits per heavy atom. The third-order valence-electron chi connectivity index (χ3n) is 5.05. The van der Waals surface area contributed by atoms with Crippen LogP contribution in [-0.2, 0) is 6.42 Å². The fourth-order valence-electron chi connectivity index (χ4n) is 3.68. The predicted octanol–water partition coefficient (Wildman–Crippen LogP) is 4.75. The Balaban J connectivity index is 1.85. The van der Waals surface area contributed by atoms with Crippen molar-refractivity contribution in [1.82, 2.24) is 4.57 Å². The molecular weight excluding hydrogens is 392 g/mol. The SMILES string of the molecule is Cc1ccc(C)c(NC(=O)c2cn3c4c(cc(Br)cc4c2=O)CC3C)c1. The van der Waals surface area contributed by atoms with Crippen molar-refractivity contribution in [2.45, 2.75) is 33.2 Å². The zero-order valence-electron chi connectivity index (χ0n) is 14.9. The first-order valence-electron chi connectivity index (χ1n) is 8.61. The highest BCUT2D eigenvalue weighted by molar-refractivity contribution is 9.10. The van der Waals surface area contributed by atoms with Crippen molar-refractivity contribution in [3.05, 3.63) is 73.5 Å². The maximum Gasteiger partial charge on any atom is 0.261 e. The number of hydrogen-bond acceptors (Lipinski definition) is 2. The average molecular weight is 411 g/mol. The summed E-state index contributed by atoms with van der Waals surface area (Å²) in [6.07, 6.45) is 2.57. The molecule has 1 atom stereocenters. The third kappa shape index (κ3) is 2.67. The van der Waals surface area contributed by atoms with E-state index >= 15 is 0 Å². The number of carbonyl (C=O) groups is 1. The van der Waals surface area contributed by atoms with Gasteiger partial charge in [0.2, 0.25) is 5.43 Å². The summed E-state index contributed by atoms with van der Waals surface area (Å²) in [6, 6.07) is 9.96. The third-order valence-corrected chi connectivity index (χ3v) is 5.50. The molecule has 4 nitrogen and oxygen atoms in total. The van der Waals surface area contributed by atoms with E-state index in [1.807, 2.05) is 38.1 Å². The topological polar surface area (TPSA) is 51.1 Å². The standard InChI is InChI=1S/C21H19BrN2O2/c1-11-4-5-12(2)18(6-11)23-21(26)17-10-24-13(3)7-14-8-15(22)9-16(19(14)24)20(17)25/h4-6,8-10,13H,7H2,1-3H3,(H,23,26). The Labute approximate surface area is 160 Å².